The molecule has 8 nitrogen and oxygen atoms in total. The van der Waals surface area contributed by atoms with Crippen LogP contribution in [-0.4, -0.2) is 61.1 Å². The second kappa shape index (κ2) is 10.1. The number of ether oxygens (including phenoxy) is 1. The quantitative estimate of drug-likeness (QED) is 0.583. The van der Waals surface area contributed by atoms with Crippen molar-refractivity contribution in [3.63, 3.8) is 0 Å². The highest BCUT2D eigenvalue weighted by Gasteiger charge is 2.21. The first kappa shape index (κ1) is 23.1. The van der Waals surface area contributed by atoms with Gasteiger partial charge in [0.25, 0.3) is 0 Å². The molecule has 1 saturated heterocycles. The molecule has 0 aromatic carbocycles. The molecular formula is C23H36N6O2. The van der Waals surface area contributed by atoms with Crippen molar-refractivity contribution in [3.8, 4) is 6.01 Å². The minimum atomic E-state index is -0.0329. The van der Waals surface area contributed by atoms with Crippen molar-refractivity contribution < 1.29 is 9.53 Å². The molecule has 1 fully saturated rings. The zero-order valence-electron chi connectivity index (χ0n) is 19.2. The molecule has 1 aromatic rings. The van der Waals surface area contributed by atoms with Gasteiger partial charge in [-0.3, -0.25) is 9.69 Å². The lowest BCUT2D eigenvalue weighted by molar-refractivity contribution is -0.105. The summed E-state index contributed by atoms with van der Waals surface area (Å²) in [6.45, 7) is 10.8. The van der Waals surface area contributed by atoms with E-state index in [4.69, 9.17) is 10.5 Å². The molecular weight excluding hydrogens is 392 g/mol. The van der Waals surface area contributed by atoms with E-state index in [9.17, 15) is 4.79 Å². The highest BCUT2D eigenvalue weighted by atomic mass is 16.5. The molecule has 1 aliphatic carbocycles. The molecule has 3 rings (SSSR count). The Morgan fingerprint density at radius 2 is 2.06 bits per heavy atom. The molecule has 1 atom stereocenters. The number of nitrogens with two attached hydrogens (primary N) is 1. The SMILES string of the molecule is CN(CC1C=C(CN2CCCC2)C=CC1)c1nc(OCC(C)(C)C)nc(N)c1NC=O. The largest absolute Gasteiger partial charge is 0.463 e. The minimum Gasteiger partial charge on any atom is -0.463 e. The summed E-state index contributed by atoms with van der Waals surface area (Å²) in [5, 5.41) is 2.66. The number of carbonyl (C=O) groups excluding carboxylic acids is 1. The van der Waals surface area contributed by atoms with Gasteiger partial charge in [0.1, 0.15) is 5.69 Å². The van der Waals surface area contributed by atoms with Crippen LogP contribution in [0.15, 0.2) is 23.8 Å². The van der Waals surface area contributed by atoms with Crippen LogP contribution in [0.4, 0.5) is 17.3 Å². The zero-order chi connectivity index (χ0) is 22.4. The summed E-state index contributed by atoms with van der Waals surface area (Å²) in [7, 11) is 1.96. The smallest absolute Gasteiger partial charge is 0.320 e. The van der Waals surface area contributed by atoms with Gasteiger partial charge in [0, 0.05) is 20.1 Å². The van der Waals surface area contributed by atoms with Crippen molar-refractivity contribution in [2.24, 2.45) is 11.3 Å². The molecule has 1 unspecified atom stereocenters. The molecule has 1 amide bonds. The van der Waals surface area contributed by atoms with Gasteiger partial charge in [-0.2, -0.15) is 9.97 Å². The third-order valence-electron chi connectivity index (χ3n) is 5.43. The van der Waals surface area contributed by atoms with Crippen LogP contribution < -0.4 is 20.7 Å². The molecule has 1 aromatic heterocycles. The van der Waals surface area contributed by atoms with Crippen molar-refractivity contribution in [3.05, 3.63) is 23.8 Å². The highest BCUT2D eigenvalue weighted by molar-refractivity contribution is 5.86. The number of rotatable bonds is 9. The van der Waals surface area contributed by atoms with Crippen LogP contribution in [0.25, 0.3) is 0 Å². The normalized spacial score (nSPS) is 19.2. The predicted octanol–water partition coefficient (Wildman–Crippen LogP) is 3.09. The molecule has 0 radical (unpaired) electrons. The number of nitrogen functional groups attached to an aromatic ring is 1. The summed E-state index contributed by atoms with van der Waals surface area (Å²) in [4.78, 5) is 24.5. The first-order valence-corrected chi connectivity index (χ1v) is 11.1. The number of anilines is 3. The average Bonchev–Trinajstić information content (AvgIpc) is 3.21. The maximum atomic E-state index is 11.1. The molecule has 0 saturated carbocycles. The molecule has 2 aliphatic rings. The first-order chi connectivity index (χ1) is 14.7. The van der Waals surface area contributed by atoms with E-state index in [-0.39, 0.29) is 17.2 Å². The molecule has 0 spiro atoms. The second-order valence-corrected chi connectivity index (χ2v) is 9.71. The predicted molar refractivity (Wildman–Crippen MR) is 125 cm³/mol. The first-order valence-electron chi connectivity index (χ1n) is 11.1. The molecule has 3 N–H and O–H groups in total. The van der Waals surface area contributed by atoms with Gasteiger partial charge in [0.2, 0.25) is 6.41 Å². The van der Waals surface area contributed by atoms with Crippen molar-refractivity contribution in [2.45, 2.75) is 40.0 Å². The van der Waals surface area contributed by atoms with E-state index in [2.05, 4.69) is 59.2 Å². The lowest BCUT2D eigenvalue weighted by atomic mass is 9.95. The summed E-state index contributed by atoms with van der Waals surface area (Å²) < 4.78 is 5.78. The van der Waals surface area contributed by atoms with E-state index in [1.807, 2.05) is 11.9 Å². The summed E-state index contributed by atoms with van der Waals surface area (Å²) in [5.74, 6) is 1.11. The zero-order valence-corrected chi connectivity index (χ0v) is 19.2. The van der Waals surface area contributed by atoms with E-state index >= 15 is 0 Å². The fourth-order valence-electron chi connectivity index (χ4n) is 3.95. The van der Waals surface area contributed by atoms with Gasteiger partial charge in [-0.25, -0.2) is 0 Å². The van der Waals surface area contributed by atoms with E-state index in [1.54, 1.807) is 0 Å². The van der Waals surface area contributed by atoms with Gasteiger partial charge >= 0.3 is 6.01 Å². The van der Waals surface area contributed by atoms with Gasteiger partial charge < -0.3 is 20.7 Å². The van der Waals surface area contributed by atoms with Crippen molar-refractivity contribution in [1.29, 1.82) is 0 Å². The van der Waals surface area contributed by atoms with Gasteiger partial charge in [-0.15, -0.1) is 0 Å². The molecule has 0 bridgehead atoms. The Hall–Kier alpha value is -2.61. The molecule has 2 heterocycles. The second-order valence-electron chi connectivity index (χ2n) is 9.71. The number of nitrogens with one attached hydrogen (secondary N) is 1. The Balaban J connectivity index is 1.74. The number of carbonyl (C=O) groups is 1. The molecule has 31 heavy (non-hydrogen) atoms. The number of aromatic nitrogens is 2. The van der Waals surface area contributed by atoms with Crippen LogP contribution in [0.1, 0.15) is 40.0 Å². The van der Waals surface area contributed by atoms with E-state index < -0.39 is 0 Å². The molecule has 1 aliphatic heterocycles. The van der Waals surface area contributed by atoms with Gasteiger partial charge in [0.05, 0.1) is 6.61 Å². The Morgan fingerprint density at radius 3 is 2.74 bits per heavy atom. The van der Waals surface area contributed by atoms with Gasteiger partial charge in [-0.1, -0.05) is 39.0 Å². The fraction of sp³-hybridized carbons (Fsp3) is 0.609. The summed E-state index contributed by atoms with van der Waals surface area (Å²) in [6.07, 6.45) is 11.0. The Morgan fingerprint density at radius 1 is 1.32 bits per heavy atom. The third kappa shape index (κ3) is 6.69. The van der Waals surface area contributed by atoms with Crippen LogP contribution in [0.5, 0.6) is 6.01 Å². The van der Waals surface area contributed by atoms with Crippen LogP contribution >= 0.6 is 0 Å². The van der Waals surface area contributed by atoms with Crippen LogP contribution in [0.3, 0.4) is 0 Å². The standard InChI is InChI=1S/C23H36N6O2/c1-23(2,3)15-31-22-26-20(24)19(25-16-30)21(27-22)28(4)13-17-8-7-9-18(12-17)14-29-10-5-6-11-29/h7,9,12,16-17H,5-6,8,10-11,13-15H2,1-4H3,(H,25,30)(H2,24,26,27). The van der Waals surface area contributed by atoms with Gasteiger partial charge in [-0.05, 0) is 49.3 Å². The fourth-order valence-corrected chi connectivity index (χ4v) is 3.95. The monoisotopic (exact) mass is 428 g/mol. The number of likely N-dealkylation sites (tertiary alicyclic amines) is 1. The average molecular weight is 429 g/mol. The Bertz CT molecular complexity index is 824. The highest BCUT2D eigenvalue weighted by Crippen LogP contribution is 2.31. The number of hydrogen-bond acceptors (Lipinski definition) is 7. The number of allylic oxidation sites excluding steroid dienone is 1. The number of amides is 1. The summed E-state index contributed by atoms with van der Waals surface area (Å²) in [6, 6.07) is 0.222. The minimum absolute atomic E-state index is 0.0329. The van der Waals surface area contributed by atoms with E-state index in [0.717, 1.165) is 19.5 Å². The third-order valence-corrected chi connectivity index (χ3v) is 5.43. The number of hydrogen-bond donors (Lipinski definition) is 2. The number of nitrogens with zero attached hydrogens (tertiary/aromatic N) is 4. The van der Waals surface area contributed by atoms with E-state index in [1.165, 1.54) is 31.5 Å². The molecule has 8 heteroatoms. The van der Waals surface area contributed by atoms with Crippen LogP contribution in [0, 0.1) is 11.3 Å². The molecule has 170 valence electrons. The topological polar surface area (TPSA) is 96.6 Å². The lowest BCUT2D eigenvalue weighted by Gasteiger charge is -2.27. The lowest BCUT2D eigenvalue weighted by Crippen LogP contribution is -2.29. The van der Waals surface area contributed by atoms with Crippen molar-refractivity contribution in [1.82, 2.24) is 14.9 Å². The van der Waals surface area contributed by atoms with Gasteiger partial charge in [0.15, 0.2) is 11.6 Å². The Kier molecular flexibility index (Phi) is 7.54. The Labute approximate surface area is 185 Å². The van der Waals surface area contributed by atoms with Crippen LogP contribution in [0.2, 0.25) is 0 Å². The maximum Gasteiger partial charge on any atom is 0.320 e. The summed E-state index contributed by atoms with van der Waals surface area (Å²) >= 11 is 0. The summed E-state index contributed by atoms with van der Waals surface area (Å²) in [5.41, 5.74) is 7.87. The van der Waals surface area contributed by atoms with E-state index in [0.29, 0.717) is 30.4 Å². The van der Waals surface area contributed by atoms with Crippen molar-refractivity contribution >= 4 is 23.7 Å². The van der Waals surface area contributed by atoms with Crippen molar-refractivity contribution in [2.75, 3.05) is 55.8 Å². The van der Waals surface area contributed by atoms with Crippen LogP contribution in [-0.2, 0) is 4.79 Å². The maximum absolute atomic E-state index is 11.1.